The predicted octanol–water partition coefficient (Wildman–Crippen LogP) is 4.13. The van der Waals surface area contributed by atoms with E-state index in [0.29, 0.717) is 6.04 Å². The van der Waals surface area contributed by atoms with Gasteiger partial charge in [0.2, 0.25) is 0 Å². The number of hydrogen-bond acceptors (Lipinski definition) is 3. The molecule has 0 saturated carbocycles. The lowest BCUT2D eigenvalue weighted by Gasteiger charge is -2.23. The van der Waals surface area contributed by atoms with Gasteiger partial charge in [0.05, 0.1) is 0 Å². The average molecular weight is 306 g/mol. The van der Waals surface area contributed by atoms with Gasteiger partial charge in [-0.1, -0.05) is 13.0 Å². The minimum atomic E-state index is -0.0756. The zero-order chi connectivity index (χ0) is 14.8. The summed E-state index contributed by atoms with van der Waals surface area (Å²) in [4.78, 5) is 3.81. The lowest BCUT2D eigenvalue weighted by atomic mass is 10.1. The minimum absolute atomic E-state index is 0.0756. The van der Waals surface area contributed by atoms with Crippen LogP contribution in [0, 0.1) is 5.82 Å². The van der Waals surface area contributed by atoms with Gasteiger partial charge in [-0.25, -0.2) is 4.39 Å². The molecular weight excluding hydrogens is 283 g/mol. The van der Waals surface area contributed by atoms with E-state index in [1.54, 1.807) is 17.4 Å². The van der Waals surface area contributed by atoms with Crippen molar-refractivity contribution in [3.8, 4) is 0 Å². The predicted molar refractivity (Wildman–Crippen MR) is 88.3 cm³/mol. The summed E-state index contributed by atoms with van der Waals surface area (Å²) in [6, 6.07) is 6.09. The highest BCUT2D eigenvalue weighted by atomic mass is 32.1. The van der Waals surface area contributed by atoms with E-state index in [0.717, 1.165) is 29.7 Å². The monoisotopic (exact) mass is 306 g/mol. The molecule has 1 aromatic heterocycles. The standard InChI is InChI=1S/C17H23FN2S/c1-3-12-6-5-9-20(12)11-13-16(10-19-2)21-15-8-4-7-14(18)17(13)15/h4,7-8,12,19H,3,5-6,9-11H2,1-2H3. The molecule has 21 heavy (non-hydrogen) atoms. The molecule has 2 heterocycles. The second-order valence-corrected chi connectivity index (χ2v) is 6.96. The van der Waals surface area contributed by atoms with Gasteiger partial charge in [-0.2, -0.15) is 0 Å². The first-order valence-electron chi connectivity index (χ1n) is 7.82. The van der Waals surface area contributed by atoms with Crippen LogP contribution in [0.25, 0.3) is 10.1 Å². The second-order valence-electron chi connectivity index (χ2n) is 5.82. The summed E-state index contributed by atoms with van der Waals surface area (Å²) < 4.78 is 15.4. The Kier molecular flexibility index (Phi) is 4.57. The fourth-order valence-electron chi connectivity index (χ4n) is 3.46. The van der Waals surface area contributed by atoms with Crippen molar-refractivity contribution < 1.29 is 4.39 Å². The van der Waals surface area contributed by atoms with E-state index in [1.807, 2.05) is 19.2 Å². The third kappa shape index (κ3) is 2.85. The molecule has 0 aliphatic carbocycles. The van der Waals surface area contributed by atoms with E-state index in [1.165, 1.54) is 29.7 Å². The van der Waals surface area contributed by atoms with Gasteiger partial charge in [0, 0.05) is 34.1 Å². The summed E-state index contributed by atoms with van der Waals surface area (Å²) in [5, 5.41) is 4.07. The Morgan fingerprint density at radius 3 is 3.05 bits per heavy atom. The third-order valence-corrected chi connectivity index (χ3v) is 5.71. The first-order chi connectivity index (χ1) is 10.2. The Morgan fingerprint density at radius 2 is 2.29 bits per heavy atom. The third-order valence-electron chi connectivity index (χ3n) is 4.52. The molecule has 0 radical (unpaired) electrons. The number of thiophene rings is 1. The molecule has 1 unspecified atom stereocenters. The molecule has 114 valence electrons. The molecule has 1 aromatic carbocycles. The van der Waals surface area contributed by atoms with Crippen molar-refractivity contribution in [2.24, 2.45) is 0 Å². The van der Waals surface area contributed by atoms with E-state index >= 15 is 0 Å². The zero-order valence-corrected chi connectivity index (χ0v) is 13.6. The summed E-state index contributed by atoms with van der Waals surface area (Å²) in [6.45, 7) is 5.10. The molecule has 1 saturated heterocycles. The Labute approximate surface area is 130 Å². The number of rotatable bonds is 5. The maximum Gasteiger partial charge on any atom is 0.132 e. The summed E-state index contributed by atoms with van der Waals surface area (Å²) in [7, 11) is 1.95. The van der Waals surface area contributed by atoms with Gasteiger partial charge in [0.15, 0.2) is 0 Å². The molecular formula is C17H23FN2S. The quantitative estimate of drug-likeness (QED) is 0.893. The van der Waals surface area contributed by atoms with Crippen molar-refractivity contribution >= 4 is 21.4 Å². The number of hydrogen-bond donors (Lipinski definition) is 1. The van der Waals surface area contributed by atoms with Crippen LogP contribution in [-0.4, -0.2) is 24.5 Å². The van der Waals surface area contributed by atoms with Crippen LogP contribution in [0.2, 0.25) is 0 Å². The Balaban J connectivity index is 2.00. The maximum absolute atomic E-state index is 14.3. The van der Waals surface area contributed by atoms with Crippen LogP contribution in [0.5, 0.6) is 0 Å². The van der Waals surface area contributed by atoms with Crippen LogP contribution >= 0.6 is 11.3 Å². The number of halogens is 1. The van der Waals surface area contributed by atoms with E-state index < -0.39 is 0 Å². The Bertz CT molecular complexity index is 623. The van der Waals surface area contributed by atoms with E-state index in [4.69, 9.17) is 0 Å². The van der Waals surface area contributed by atoms with Gasteiger partial charge in [0.25, 0.3) is 0 Å². The second kappa shape index (κ2) is 6.42. The summed E-state index contributed by atoms with van der Waals surface area (Å²) in [5.41, 5.74) is 1.20. The fourth-order valence-corrected chi connectivity index (χ4v) is 4.70. The molecule has 2 aromatic rings. The highest BCUT2D eigenvalue weighted by Crippen LogP contribution is 2.35. The van der Waals surface area contributed by atoms with Crippen molar-refractivity contribution in [3.63, 3.8) is 0 Å². The molecule has 3 rings (SSSR count). The van der Waals surface area contributed by atoms with E-state index in [2.05, 4.69) is 17.1 Å². The van der Waals surface area contributed by atoms with Crippen LogP contribution < -0.4 is 5.32 Å². The number of fused-ring (bicyclic) bond motifs is 1. The van der Waals surface area contributed by atoms with Crippen molar-refractivity contribution in [1.82, 2.24) is 10.2 Å². The van der Waals surface area contributed by atoms with Crippen LogP contribution in [-0.2, 0) is 13.1 Å². The highest BCUT2D eigenvalue weighted by molar-refractivity contribution is 7.19. The van der Waals surface area contributed by atoms with Crippen molar-refractivity contribution in [2.75, 3.05) is 13.6 Å². The molecule has 1 aliphatic heterocycles. The van der Waals surface area contributed by atoms with Crippen LogP contribution in [0.15, 0.2) is 18.2 Å². The number of nitrogens with one attached hydrogen (secondary N) is 1. The topological polar surface area (TPSA) is 15.3 Å². The van der Waals surface area contributed by atoms with Gasteiger partial charge >= 0.3 is 0 Å². The molecule has 0 amide bonds. The van der Waals surface area contributed by atoms with Crippen LogP contribution in [0.1, 0.15) is 36.6 Å². The van der Waals surface area contributed by atoms with Gasteiger partial charge in [0.1, 0.15) is 5.82 Å². The molecule has 4 heteroatoms. The summed E-state index contributed by atoms with van der Waals surface area (Å²) in [6.07, 6.45) is 3.73. The molecule has 2 nitrogen and oxygen atoms in total. The molecule has 0 spiro atoms. The van der Waals surface area contributed by atoms with Gasteiger partial charge < -0.3 is 5.32 Å². The minimum Gasteiger partial charge on any atom is -0.315 e. The van der Waals surface area contributed by atoms with Crippen molar-refractivity contribution in [3.05, 3.63) is 34.5 Å². The molecule has 1 N–H and O–H groups in total. The zero-order valence-electron chi connectivity index (χ0n) is 12.8. The smallest absolute Gasteiger partial charge is 0.132 e. The molecule has 1 fully saturated rings. The fraction of sp³-hybridized carbons (Fsp3) is 0.529. The van der Waals surface area contributed by atoms with Crippen LogP contribution in [0.4, 0.5) is 4.39 Å². The lowest BCUT2D eigenvalue weighted by molar-refractivity contribution is 0.240. The van der Waals surface area contributed by atoms with E-state index in [9.17, 15) is 4.39 Å². The summed E-state index contributed by atoms with van der Waals surface area (Å²) >= 11 is 1.73. The van der Waals surface area contributed by atoms with E-state index in [-0.39, 0.29) is 5.82 Å². The number of benzene rings is 1. The van der Waals surface area contributed by atoms with Gasteiger partial charge in [-0.3, -0.25) is 4.90 Å². The van der Waals surface area contributed by atoms with Crippen molar-refractivity contribution in [2.45, 2.75) is 45.3 Å². The normalized spacial score (nSPS) is 19.7. The first kappa shape index (κ1) is 14.9. The molecule has 0 bridgehead atoms. The number of likely N-dealkylation sites (tertiary alicyclic amines) is 1. The first-order valence-corrected chi connectivity index (χ1v) is 8.63. The molecule has 1 aliphatic rings. The van der Waals surface area contributed by atoms with Gasteiger partial charge in [-0.05, 0) is 50.6 Å². The summed E-state index contributed by atoms with van der Waals surface area (Å²) in [5.74, 6) is -0.0756. The van der Waals surface area contributed by atoms with Gasteiger partial charge in [-0.15, -0.1) is 11.3 Å². The van der Waals surface area contributed by atoms with Crippen LogP contribution in [0.3, 0.4) is 0 Å². The van der Waals surface area contributed by atoms with Crippen molar-refractivity contribution in [1.29, 1.82) is 0 Å². The SMILES string of the molecule is CCC1CCCN1Cc1c(CNC)sc2cccc(F)c12. The maximum atomic E-state index is 14.3. The Morgan fingerprint density at radius 1 is 1.43 bits per heavy atom. The highest BCUT2D eigenvalue weighted by Gasteiger charge is 2.25. The average Bonchev–Trinajstić information content (AvgIpc) is 3.06. The lowest BCUT2D eigenvalue weighted by Crippen LogP contribution is -2.28. The largest absolute Gasteiger partial charge is 0.315 e. The molecule has 1 atom stereocenters. The Hall–Kier alpha value is -0.970. The number of nitrogens with zero attached hydrogens (tertiary/aromatic N) is 1.